The van der Waals surface area contributed by atoms with Gasteiger partial charge in [-0.2, -0.15) is 5.10 Å². The molecule has 0 spiro atoms. The van der Waals surface area contributed by atoms with Gasteiger partial charge < -0.3 is 0 Å². The maximum atomic E-state index is 4.52. The van der Waals surface area contributed by atoms with E-state index < -0.39 is 0 Å². The number of nitrogens with zero attached hydrogens (tertiary/aromatic N) is 3. The molecule has 2 aromatic heterocycles. The van der Waals surface area contributed by atoms with Crippen molar-refractivity contribution >= 4 is 0 Å². The summed E-state index contributed by atoms with van der Waals surface area (Å²) in [5, 5.41) is 4.52. The zero-order valence-electron chi connectivity index (χ0n) is 14.7. The summed E-state index contributed by atoms with van der Waals surface area (Å²) in [5.41, 5.74) is 5.91. The van der Waals surface area contributed by atoms with Gasteiger partial charge in [-0.05, 0) is 42.0 Å². The normalized spacial score (nSPS) is 11.2. The summed E-state index contributed by atoms with van der Waals surface area (Å²) in [6.07, 6.45) is 9.10. The molecule has 0 saturated carbocycles. The molecule has 0 bridgehead atoms. The van der Waals surface area contributed by atoms with Gasteiger partial charge in [0.1, 0.15) is 0 Å². The summed E-state index contributed by atoms with van der Waals surface area (Å²) in [6, 6.07) is 12.9. The van der Waals surface area contributed by atoms with Gasteiger partial charge in [0.25, 0.3) is 0 Å². The van der Waals surface area contributed by atoms with Crippen molar-refractivity contribution in [3.8, 4) is 16.8 Å². The Hall–Kier alpha value is -2.42. The highest BCUT2D eigenvalue weighted by Gasteiger charge is 2.05. The fraction of sp³-hybridized carbons (Fsp3) is 0.333. The third kappa shape index (κ3) is 3.91. The highest BCUT2D eigenvalue weighted by molar-refractivity contribution is 5.62. The summed E-state index contributed by atoms with van der Waals surface area (Å²) >= 11 is 0. The number of aryl methyl sites for hydroxylation is 1. The van der Waals surface area contributed by atoms with Gasteiger partial charge in [0, 0.05) is 23.7 Å². The van der Waals surface area contributed by atoms with Crippen LogP contribution in [0.3, 0.4) is 0 Å². The molecule has 3 rings (SSSR count). The Labute approximate surface area is 144 Å². The van der Waals surface area contributed by atoms with Crippen LogP contribution in [-0.2, 0) is 12.8 Å². The van der Waals surface area contributed by atoms with Crippen molar-refractivity contribution in [2.24, 2.45) is 5.92 Å². The second-order valence-corrected chi connectivity index (χ2v) is 6.72. The van der Waals surface area contributed by atoms with E-state index in [1.165, 1.54) is 11.1 Å². The lowest BCUT2D eigenvalue weighted by Crippen LogP contribution is -1.97. The highest BCUT2D eigenvalue weighted by Crippen LogP contribution is 2.21. The second kappa shape index (κ2) is 7.43. The molecule has 0 fully saturated rings. The van der Waals surface area contributed by atoms with Crippen molar-refractivity contribution in [1.82, 2.24) is 14.8 Å². The van der Waals surface area contributed by atoms with Gasteiger partial charge in [0.2, 0.25) is 0 Å². The predicted octanol–water partition coefficient (Wildman–Crippen LogP) is 5.09. The fourth-order valence-electron chi connectivity index (χ4n) is 2.92. The van der Waals surface area contributed by atoms with Gasteiger partial charge in [0.05, 0.1) is 11.9 Å². The second-order valence-electron chi connectivity index (χ2n) is 6.72. The number of rotatable bonds is 6. The predicted molar refractivity (Wildman–Crippen MR) is 99.3 cm³/mol. The average Bonchev–Trinajstić information content (AvgIpc) is 3.06. The first kappa shape index (κ1) is 16.4. The summed E-state index contributed by atoms with van der Waals surface area (Å²) in [5.74, 6) is 0.683. The first-order chi connectivity index (χ1) is 11.7. The number of aromatic nitrogens is 3. The highest BCUT2D eigenvalue weighted by atomic mass is 15.3. The van der Waals surface area contributed by atoms with Gasteiger partial charge in [-0.25, -0.2) is 4.68 Å². The van der Waals surface area contributed by atoms with Crippen molar-refractivity contribution in [1.29, 1.82) is 0 Å². The van der Waals surface area contributed by atoms with Crippen molar-refractivity contribution in [2.75, 3.05) is 0 Å². The Morgan fingerprint density at radius 2 is 1.83 bits per heavy atom. The number of hydrogen-bond donors (Lipinski definition) is 0. The van der Waals surface area contributed by atoms with Gasteiger partial charge in [-0.3, -0.25) is 4.98 Å². The van der Waals surface area contributed by atoms with Crippen molar-refractivity contribution in [3.63, 3.8) is 0 Å². The third-order valence-electron chi connectivity index (χ3n) is 4.08. The van der Waals surface area contributed by atoms with Crippen LogP contribution < -0.4 is 0 Å². The summed E-state index contributed by atoms with van der Waals surface area (Å²) in [4.78, 5) is 4.41. The molecule has 124 valence electrons. The molecule has 24 heavy (non-hydrogen) atoms. The maximum Gasteiger partial charge on any atom is 0.0679 e. The summed E-state index contributed by atoms with van der Waals surface area (Å²) in [7, 11) is 0. The van der Waals surface area contributed by atoms with Crippen molar-refractivity contribution in [2.45, 2.75) is 40.0 Å². The van der Waals surface area contributed by atoms with E-state index in [4.69, 9.17) is 0 Å². The molecule has 0 atom stereocenters. The van der Waals surface area contributed by atoms with Crippen LogP contribution in [0.1, 0.15) is 38.4 Å². The zero-order valence-corrected chi connectivity index (χ0v) is 14.7. The zero-order chi connectivity index (χ0) is 16.9. The van der Waals surface area contributed by atoms with Crippen LogP contribution >= 0.6 is 0 Å². The topological polar surface area (TPSA) is 30.7 Å². The number of pyridine rings is 1. The number of benzene rings is 1. The van der Waals surface area contributed by atoms with Gasteiger partial charge in [-0.15, -0.1) is 0 Å². The molecule has 0 unspecified atom stereocenters. The monoisotopic (exact) mass is 319 g/mol. The van der Waals surface area contributed by atoms with Gasteiger partial charge >= 0.3 is 0 Å². The molecule has 1 aromatic carbocycles. The van der Waals surface area contributed by atoms with Gasteiger partial charge in [-0.1, -0.05) is 51.5 Å². The Bertz CT molecular complexity index is 785. The lowest BCUT2D eigenvalue weighted by atomic mass is 10.0. The SMILES string of the molecule is CCCc1cc(-n2cc(-c3ccc(CC(C)C)cc3)cn2)ccn1. The Kier molecular flexibility index (Phi) is 5.09. The van der Waals surface area contributed by atoms with Crippen LogP contribution in [0.2, 0.25) is 0 Å². The Morgan fingerprint density at radius 1 is 1.04 bits per heavy atom. The first-order valence-corrected chi connectivity index (χ1v) is 8.75. The molecule has 0 aliphatic carbocycles. The molecule has 0 aliphatic rings. The van der Waals surface area contributed by atoms with E-state index in [1.807, 2.05) is 23.1 Å². The summed E-state index contributed by atoms with van der Waals surface area (Å²) in [6.45, 7) is 6.67. The largest absolute Gasteiger partial charge is 0.261 e. The van der Waals surface area contributed by atoms with Crippen LogP contribution in [0.4, 0.5) is 0 Å². The lowest BCUT2D eigenvalue weighted by molar-refractivity contribution is 0.647. The lowest BCUT2D eigenvalue weighted by Gasteiger charge is -2.06. The maximum absolute atomic E-state index is 4.52. The number of hydrogen-bond acceptors (Lipinski definition) is 2. The molecule has 0 radical (unpaired) electrons. The van der Waals surface area contributed by atoms with E-state index >= 15 is 0 Å². The van der Waals surface area contributed by atoms with Crippen LogP contribution in [0.5, 0.6) is 0 Å². The smallest absolute Gasteiger partial charge is 0.0679 e. The van der Waals surface area contributed by atoms with E-state index in [9.17, 15) is 0 Å². The van der Waals surface area contributed by atoms with Gasteiger partial charge in [0.15, 0.2) is 0 Å². The fourth-order valence-corrected chi connectivity index (χ4v) is 2.92. The van der Waals surface area contributed by atoms with E-state index in [0.717, 1.165) is 36.2 Å². The minimum Gasteiger partial charge on any atom is -0.261 e. The van der Waals surface area contributed by atoms with Crippen LogP contribution in [0.25, 0.3) is 16.8 Å². The average molecular weight is 319 g/mol. The molecular weight excluding hydrogens is 294 g/mol. The minimum atomic E-state index is 0.683. The Morgan fingerprint density at radius 3 is 2.54 bits per heavy atom. The van der Waals surface area contributed by atoms with E-state index in [2.05, 4.69) is 67.4 Å². The van der Waals surface area contributed by atoms with E-state index in [-0.39, 0.29) is 0 Å². The van der Waals surface area contributed by atoms with Crippen molar-refractivity contribution in [3.05, 3.63) is 66.2 Å². The van der Waals surface area contributed by atoms with Crippen molar-refractivity contribution < 1.29 is 0 Å². The molecular formula is C21H25N3. The van der Waals surface area contributed by atoms with Crippen LogP contribution in [0.15, 0.2) is 55.0 Å². The van der Waals surface area contributed by atoms with Crippen LogP contribution in [0, 0.1) is 5.92 Å². The molecule has 0 aliphatic heterocycles. The molecule has 0 N–H and O–H groups in total. The molecule has 2 heterocycles. The first-order valence-electron chi connectivity index (χ1n) is 8.75. The standard InChI is InChI=1S/C21H25N3/c1-4-5-20-13-21(10-11-22-20)24-15-19(14-23-24)18-8-6-17(7-9-18)12-16(2)3/h6-11,13-16H,4-5,12H2,1-3H3. The quantitative estimate of drug-likeness (QED) is 0.634. The molecule has 3 heteroatoms. The third-order valence-corrected chi connectivity index (χ3v) is 4.08. The minimum absolute atomic E-state index is 0.683. The van der Waals surface area contributed by atoms with Crippen LogP contribution in [-0.4, -0.2) is 14.8 Å². The Balaban J connectivity index is 1.81. The molecule has 3 aromatic rings. The molecule has 0 saturated heterocycles. The van der Waals surface area contributed by atoms with E-state index in [1.54, 1.807) is 0 Å². The van der Waals surface area contributed by atoms with E-state index in [0.29, 0.717) is 5.92 Å². The molecule has 0 amide bonds. The molecule has 3 nitrogen and oxygen atoms in total. The summed E-state index contributed by atoms with van der Waals surface area (Å²) < 4.78 is 1.93.